The Hall–Kier alpha value is -1.06. The topological polar surface area (TPSA) is 49.4 Å². The zero-order valence-electron chi connectivity index (χ0n) is 7.58. The van der Waals surface area contributed by atoms with Gasteiger partial charge in [-0.05, 0) is 19.3 Å². The predicted molar refractivity (Wildman–Crippen MR) is 47.0 cm³/mol. The van der Waals surface area contributed by atoms with Crippen molar-refractivity contribution in [2.75, 3.05) is 13.1 Å². The third-order valence-electron chi connectivity index (χ3n) is 2.74. The SMILES string of the molecule is O=C1NCCCC(=O)N2CCCC12. The van der Waals surface area contributed by atoms with E-state index in [0.717, 1.165) is 25.8 Å². The van der Waals surface area contributed by atoms with E-state index in [1.165, 1.54) is 0 Å². The fraction of sp³-hybridized carbons (Fsp3) is 0.778. The fourth-order valence-electron chi connectivity index (χ4n) is 2.05. The van der Waals surface area contributed by atoms with E-state index in [0.29, 0.717) is 13.0 Å². The highest BCUT2D eigenvalue weighted by Crippen LogP contribution is 2.19. The highest BCUT2D eigenvalue weighted by Gasteiger charge is 2.34. The van der Waals surface area contributed by atoms with Crippen molar-refractivity contribution in [2.45, 2.75) is 31.7 Å². The maximum atomic E-state index is 11.5. The third kappa shape index (κ3) is 1.53. The van der Waals surface area contributed by atoms with Gasteiger partial charge in [0.05, 0.1) is 0 Å². The van der Waals surface area contributed by atoms with E-state index >= 15 is 0 Å². The lowest BCUT2D eigenvalue weighted by molar-refractivity contribution is -0.139. The van der Waals surface area contributed by atoms with Gasteiger partial charge >= 0.3 is 0 Å². The molecule has 0 spiro atoms. The molecule has 2 fully saturated rings. The largest absolute Gasteiger partial charge is 0.354 e. The zero-order valence-corrected chi connectivity index (χ0v) is 7.58. The van der Waals surface area contributed by atoms with Crippen LogP contribution in [0.4, 0.5) is 0 Å². The van der Waals surface area contributed by atoms with Gasteiger partial charge in [0.15, 0.2) is 0 Å². The van der Waals surface area contributed by atoms with Crippen molar-refractivity contribution < 1.29 is 9.59 Å². The van der Waals surface area contributed by atoms with Gasteiger partial charge in [0.2, 0.25) is 11.8 Å². The number of carbonyl (C=O) groups is 2. The van der Waals surface area contributed by atoms with Crippen molar-refractivity contribution in [2.24, 2.45) is 0 Å². The van der Waals surface area contributed by atoms with E-state index in [1.54, 1.807) is 4.90 Å². The first-order chi connectivity index (χ1) is 6.29. The summed E-state index contributed by atoms with van der Waals surface area (Å²) in [6.45, 7) is 1.41. The summed E-state index contributed by atoms with van der Waals surface area (Å²) in [5.74, 6) is 0.183. The molecule has 2 saturated heterocycles. The second kappa shape index (κ2) is 3.36. The van der Waals surface area contributed by atoms with Crippen LogP contribution in [-0.2, 0) is 9.59 Å². The smallest absolute Gasteiger partial charge is 0.242 e. The summed E-state index contributed by atoms with van der Waals surface area (Å²) in [4.78, 5) is 24.8. The Labute approximate surface area is 77.3 Å². The molecule has 0 bridgehead atoms. The van der Waals surface area contributed by atoms with Crippen LogP contribution in [-0.4, -0.2) is 35.8 Å². The van der Waals surface area contributed by atoms with Gasteiger partial charge in [0.1, 0.15) is 6.04 Å². The van der Waals surface area contributed by atoms with Crippen LogP contribution < -0.4 is 5.32 Å². The average Bonchev–Trinajstić information content (AvgIpc) is 2.57. The van der Waals surface area contributed by atoms with Gasteiger partial charge in [-0.3, -0.25) is 9.59 Å². The molecular formula is C9H14N2O2. The van der Waals surface area contributed by atoms with Crippen LogP contribution in [0.15, 0.2) is 0 Å². The molecule has 0 aliphatic carbocycles. The van der Waals surface area contributed by atoms with Gasteiger partial charge in [-0.2, -0.15) is 0 Å². The van der Waals surface area contributed by atoms with Crippen LogP contribution in [0, 0.1) is 0 Å². The molecule has 2 amide bonds. The highest BCUT2D eigenvalue weighted by molar-refractivity contribution is 5.88. The summed E-state index contributed by atoms with van der Waals surface area (Å²) in [5, 5.41) is 2.84. The summed E-state index contributed by atoms with van der Waals surface area (Å²) in [6, 6.07) is -0.173. The molecule has 1 N–H and O–H groups in total. The lowest BCUT2D eigenvalue weighted by Gasteiger charge is -2.26. The maximum Gasteiger partial charge on any atom is 0.242 e. The Bertz CT molecular complexity index is 216. The van der Waals surface area contributed by atoms with Gasteiger partial charge in [0.25, 0.3) is 0 Å². The van der Waals surface area contributed by atoms with Crippen molar-refractivity contribution in [1.29, 1.82) is 0 Å². The first-order valence-corrected chi connectivity index (χ1v) is 4.86. The number of nitrogens with one attached hydrogen (secondary N) is 1. The third-order valence-corrected chi connectivity index (χ3v) is 2.74. The van der Waals surface area contributed by atoms with E-state index in [2.05, 4.69) is 5.32 Å². The second-order valence-corrected chi connectivity index (χ2v) is 3.64. The van der Waals surface area contributed by atoms with Crippen LogP contribution in [0.5, 0.6) is 0 Å². The Morgan fingerprint density at radius 1 is 1.31 bits per heavy atom. The Morgan fingerprint density at radius 3 is 3.00 bits per heavy atom. The molecule has 2 rings (SSSR count). The van der Waals surface area contributed by atoms with Gasteiger partial charge in [-0.25, -0.2) is 0 Å². The fourth-order valence-corrected chi connectivity index (χ4v) is 2.05. The molecule has 0 saturated carbocycles. The molecule has 1 unspecified atom stereocenters. The number of nitrogens with zero attached hydrogens (tertiary/aromatic N) is 1. The molecule has 2 aliphatic rings. The van der Waals surface area contributed by atoms with Crippen molar-refractivity contribution in [3.05, 3.63) is 0 Å². The summed E-state index contributed by atoms with van der Waals surface area (Å²) in [5.41, 5.74) is 0. The molecular weight excluding hydrogens is 168 g/mol. The van der Waals surface area contributed by atoms with Crippen molar-refractivity contribution in [1.82, 2.24) is 10.2 Å². The molecule has 0 aromatic carbocycles. The van der Waals surface area contributed by atoms with E-state index in [1.807, 2.05) is 0 Å². The molecule has 2 heterocycles. The summed E-state index contributed by atoms with van der Waals surface area (Å²) in [6.07, 6.45) is 3.14. The summed E-state index contributed by atoms with van der Waals surface area (Å²) in [7, 11) is 0. The van der Waals surface area contributed by atoms with Gasteiger partial charge < -0.3 is 10.2 Å². The number of carbonyl (C=O) groups excluding carboxylic acids is 2. The van der Waals surface area contributed by atoms with Crippen molar-refractivity contribution in [3.8, 4) is 0 Å². The number of fused-ring (bicyclic) bond motifs is 1. The first kappa shape index (κ1) is 8.53. The zero-order chi connectivity index (χ0) is 9.26. The monoisotopic (exact) mass is 182 g/mol. The minimum absolute atomic E-state index is 0.0329. The van der Waals surface area contributed by atoms with E-state index in [4.69, 9.17) is 0 Å². The lowest BCUT2D eigenvalue weighted by Crippen LogP contribution is -2.48. The molecule has 0 aromatic heterocycles. The van der Waals surface area contributed by atoms with E-state index < -0.39 is 0 Å². The van der Waals surface area contributed by atoms with E-state index in [9.17, 15) is 9.59 Å². The van der Waals surface area contributed by atoms with E-state index in [-0.39, 0.29) is 17.9 Å². The molecule has 4 nitrogen and oxygen atoms in total. The van der Waals surface area contributed by atoms with Crippen molar-refractivity contribution in [3.63, 3.8) is 0 Å². The highest BCUT2D eigenvalue weighted by atomic mass is 16.2. The van der Waals surface area contributed by atoms with Crippen LogP contribution in [0.25, 0.3) is 0 Å². The normalized spacial score (nSPS) is 29.2. The van der Waals surface area contributed by atoms with Gasteiger partial charge in [0, 0.05) is 19.5 Å². The average molecular weight is 182 g/mol. The Kier molecular flexibility index (Phi) is 2.20. The lowest BCUT2D eigenvalue weighted by atomic mass is 10.1. The number of hydrogen-bond acceptors (Lipinski definition) is 2. The van der Waals surface area contributed by atoms with Crippen molar-refractivity contribution >= 4 is 11.8 Å². The maximum absolute atomic E-state index is 11.5. The molecule has 1 atom stereocenters. The number of rotatable bonds is 0. The first-order valence-electron chi connectivity index (χ1n) is 4.86. The molecule has 72 valence electrons. The molecule has 0 aromatic rings. The summed E-state index contributed by atoms with van der Waals surface area (Å²) < 4.78 is 0. The quantitative estimate of drug-likeness (QED) is 0.568. The molecule has 13 heavy (non-hydrogen) atoms. The minimum atomic E-state index is -0.173. The predicted octanol–water partition coefficient (Wildman–Crippen LogP) is -0.113. The molecule has 0 radical (unpaired) electrons. The summed E-state index contributed by atoms with van der Waals surface area (Å²) >= 11 is 0. The number of hydrogen-bond donors (Lipinski definition) is 1. The Morgan fingerprint density at radius 2 is 2.15 bits per heavy atom. The Balaban J connectivity index is 2.14. The molecule has 2 aliphatic heterocycles. The van der Waals surface area contributed by atoms with Gasteiger partial charge in [-0.15, -0.1) is 0 Å². The van der Waals surface area contributed by atoms with Crippen LogP contribution >= 0.6 is 0 Å². The van der Waals surface area contributed by atoms with Crippen LogP contribution in [0.3, 0.4) is 0 Å². The standard InChI is InChI=1S/C9H14N2O2/c12-8-4-1-5-10-9(13)7-3-2-6-11(7)8/h7H,1-6H2,(H,10,13). The van der Waals surface area contributed by atoms with Crippen LogP contribution in [0.2, 0.25) is 0 Å². The molecule has 4 heteroatoms. The second-order valence-electron chi connectivity index (χ2n) is 3.64. The minimum Gasteiger partial charge on any atom is -0.354 e. The van der Waals surface area contributed by atoms with Gasteiger partial charge in [-0.1, -0.05) is 0 Å². The van der Waals surface area contributed by atoms with Crippen LogP contribution in [0.1, 0.15) is 25.7 Å². The number of amides is 2.